The molecular weight excluding hydrogens is 308 g/mol. The van der Waals surface area contributed by atoms with Gasteiger partial charge in [-0.15, -0.1) is 0 Å². The normalized spacial score (nSPS) is 18.7. The molecule has 2 aromatic rings. The van der Waals surface area contributed by atoms with E-state index in [0.717, 1.165) is 0 Å². The molecule has 0 saturated carbocycles. The topological polar surface area (TPSA) is 83.8 Å². The van der Waals surface area contributed by atoms with Crippen LogP contribution < -0.4 is 0 Å². The van der Waals surface area contributed by atoms with Crippen molar-refractivity contribution in [3.05, 3.63) is 71.8 Å². The maximum absolute atomic E-state index is 12.2. The second-order valence-electron chi connectivity index (χ2n) is 5.88. The van der Waals surface area contributed by atoms with Gasteiger partial charge in [0, 0.05) is 6.61 Å². The average Bonchev–Trinajstić information content (AvgIpc) is 2.62. The van der Waals surface area contributed by atoms with Crippen LogP contribution in [0.3, 0.4) is 0 Å². The summed E-state index contributed by atoms with van der Waals surface area (Å²) in [7, 11) is 0. The lowest BCUT2D eigenvalue weighted by molar-refractivity contribution is -0.200. The molecule has 0 amide bonds. The van der Waals surface area contributed by atoms with E-state index >= 15 is 0 Å². The van der Waals surface area contributed by atoms with Crippen molar-refractivity contribution in [1.29, 1.82) is 0 Å². The van der Waals surface area contributed by atoms with Gasteiger partial charge in [-0.2, -0.15) is 0 Å². The molecule has 1 aliphatic heterocycles. The largest absolute Gasteiger partial charge is 0.479 e. The van der Waals surface area contributed by atoms with Crippen molar-refractivity contribution < 1.29 is 24.5 Å². The van der Waals surface area contributed by atoms with Crippen molar-refractivity contribution in [3.63, 3.8) is 0 Å². The molecule has 0 spiro atoms. The molecule has 124 valence electrons. The van der Waals surface area contributed by atoms with Crippen molar-refractivity contribution in [1.82, 2.24) is 0 Å². The Morgan fingerprint density at radius 2 is 1.29 bits per heavy atom. The summed E-state index contributed by atoms with van der Waals surface area (Å²) in [5.74, 6) is -2.97. The Balaban J connectivity index is 2.39. The number of aliphatic carboxylic acids is 2. The van der Waals surface area contributed by atoms with Crippen LogP contribution in [0, 0.1) is 0 Å². The monoisotopic (exact) mass is 326 g/mol. The van der Waals surface area contributed by atoms with Crippen molar-refractivity contribution >= 4 is 11.9 Å². The van der Waals surface area contributed by atoms with Gasteiger partial charge in [-0.25, -0.2) is 9.59 Å². The highest BCUT2D eigenvalue weighted by Crippen LogP contribution is 2.50. The predicted molar refractivity (Wildman–Crippen MR) is 86.9 cm³/mol. The zero-order chi connectivity index (χ0) is 17.2. The molecule has 5 heteroatoms. The third-order valence-corrected chi connectivity index (χ3v) is 4.75. The first kappa shape index (κ1) is 16.2. The standard InChI is InChI=1S/C19H18O5/c20-16(21)19(17(22)23)18(12-7-13-24-19,14-8-3-1-4-9-14)15-10-5-2-6-11-15/h1-6,8-11H,7,12-13H2,(H,20,21)(H,22,23). The zero-order valence-electron chi connectivity index (χ0n) is 13.0. The Labute approximate surface area is 139 Å². The van der Waals surface area contributed by atoms with Crippen LogP contribution in [0.4, 0.5) is 0 Å². The van der Waals surface area contributed by atoms with Crippen molar-refractivity contribution in [2.45, 2.75) is 23.9 Å². The van der Waals surface area contributed by atoms with Gasteiger partial charge in [0.05, 0.1) is 5.41 Å². The molecule has 1 aliphatic rings. The van der Waals surface area contributed by atoms with Crippen molar-refractivity contribution in [2.75, 3.05) is 6.61 Å². The van der Waals surface area contributed by atoms with E-state index in [1.165, 1.54) is 0 Å². The van der Waals surface area contributed by atoms with Gasteiger partial charge in [0.25, 0.3) is 5.60 Å². The minimum absolute atomic E-state index is 0.0972. The molecule has 2 N–H and O–H groups in total. The molecule has 0 bridgehead atoms. The van der Waals surface area contributed by atoms with Crippen LogP contribution in [-0.4, -0.2) is 34.4 Å². The summed E-state index contributed by atoms with van der Waals surface area (Å²) in [4.78, 5) is 24.3. The Kier molecular flexibility index (Phi) is 4.11. The molecule has 1 fully saturated rings. The molecule has 3 rings (SSSR count). The molecule has 2 aromatic carbocycles. The smallest absolute Gasteiger partial charge is 0.349 e. The third kappa shape index (κ3) is 2.12. The fourth-order valence-electron chi connectivity index (χ4n) is 3.75. The molecule has 0 atom stereocenters. The SMILES string of the molecule is O=C(O)C1(C(=O)O)OCCCC1(c1ccccc1)c1ccccc1. The van der Waals surface area contributed by atoms with Crippen LogP contribution in [0.5, 0.6) is 0 Å². The van der Waals surface area contributed by atoms with Gasteiger partial charge in [-0.05, 0) is 24.0 Å². The van der Waals surface area contributed by atoms with Crippen LogP contribution in [0.2, 0.25) is 0 Å². The number of benzene rings is 2. The molecule has 5 nitrogen and oxygen atoms in total. The van der Waals surface area contributed by atoms with E-state index in [2.05, 4.69) is 0 Å². The summed E-state index contributed by atoms with van der Waals surface area (Å²) < 4.78 is 5.51. The summed E-state index contributed by atoms with van der Waals surface area (Å²) in [6, 6.07) is 17.8. The molecule has 1 heterocycles. The van der Waals surface area contributed by atoms with Crippen LogP contribution in [0.25, 0.3) is 0 Å². The maximum Gasteiger partial charge on any atom is 0.349 e. The zero-order valence-corrected chi connectivity index (χ0v) is 13.0. The minimum Gasteiger partial charge on any atom is -0.479 e. The highest BCUT2D eigenvalue weighted by Gasteiger charge is 2.66. The van der Waals surface area contributed by atoms with Gasteiger partial charge in [0.1, 0.15) is 0 Å². The first-order chi connectivity index (χ1) is 11.6. The Hall–Kier alpha value is -2.66. The van der Waals surface area contributed by atoms with E-state index in [1.54, 1.807) is 48.5 Å². The number of carboxylic acid groups (broad SMARTS) is 2. The highest BCUT2D eigenvalue weighted by molar-refractivity contribution is 6.05. The van der Waals surface area contributed by atoms with E-state index in [1.807, 2.05) is 12.1 Å². The van der Waals surface area contributed by atoms with Gasteiger partial charge in [0.2, 0.25) is 0 Å². The van der Waals surface area contributed by atoms with E-state index in [0.29, 0.717) is 24.0 Å². The lowest BCUT2D eigenvalue weighted by atomic mass is 9.59. The number of carboxylic acids is 2. The van der Waals surface area contributed by atoms with Crippen LogP contribution >= 0.6 is 0 Å². The number of hydrogen-bond donors (Lipinski definition) is 2. The molecule has 0 radical (unpaired) electrons. The van der Waals surface area contributed by atoms with E-state index in [9.17, 15) is 19.8 Å². The summed E-state index contributed by atoms with van der Waals surface area (Å²) in [5, 5.41) is 19.8. The number of hydrogen-bond acceptors (Lipinski definition) is 3. The Morgan fingerprint density at radius 1 is 0.833 bits per heavy atom. The molecule has 24 heavy (non-hydrogen) atoms. The summed E-state index contributed by atoms with van der Waals surface area (Å²) in [6.07, 6.45) is 0.950. The van der Waals surface area contributed by atoms with Gasteiger partial charge < -0.3 is 14.9 Å². The lowest BCUT2D eigenvalue weighted by Gasteiger charge is -2.48. The number of carbonyl (C=O) groups is 2. The fraction of sp³-hybridized carbons (Fsp3) is 0.263. The molecule has 0 aromatic heterocycles. The quantitative estimate of drug-likeness (QED) is 0.844. The van der Waals surface area contributed by atoms with E-state index < -0.39 is 23.0 Å². The average molecular weight is 326 g/mol. The Bertz CT molecular complexity index is 685. The van der Waals surface area contributed by atoms with Crippen LogP contribution in [-0.2, 0) is 19.7 Å². The van der Waals surface area contributed by atoms with Crippen LogP contribution in [0.15, 0.2) is 60.7 Å². The number of ether oxygens (including phenoxy) is 1. The first-order valence-electron chi connectivity index (χ1n) is 7.77. The van der Waals surface area contributed by atoms with Crippen molar-refractivity contribution in [3.8, 4) is 0 Å². The molecule has 1 saturated heterocycles. The molecular formula is C19H18O5. The summed E-state index contributed by atoms with van der Waals surface area (Å²) in [5.41, 5.74) is -2.42. The van der Waals surface area contributed by atoms with Gasteiger partial charge in [-0.3, -0.25) is 0 Å². The number of rotatable bonds is 4. The fourth-order valence-corrected chi connectivity index (χ4v) is 3.75. The molecule has 0 unspecified atom stereocenters. The first-order valence-corrected chi connectivity index (χ1v) is 7.77. The predicted octanol–water partition coefficient (Wildman–Crippen LogP) is 2.69. The van der Waals surface area contributed by atoms with Gasteiger partial charge in [-0.1, -0.05) is 60.7 Å². The maximum atomic E-state index is 12.2. The molecule has 0 aliphatic carbocycles. The second kappa shape index (κ2) is 6.09. The third-order valence-electron chi connectivity index (χ3n) is 4.75. The van der Waals surface area contributed by atoms with E-state index in [-0.39, 0.29) is 6.61 Å². The highest BCUT2D eigenvalue weighted by atomic mass is 16.6. The Morgan fingerprint density at radius 3 is 1.71 bits per heavy atom. The summed E-state index contributed by atoms with van der Waals surface area (Å²) >= 11 is 0. The van der Waals surface area contributed by atoms with Gasteiger partial charge >= 0.3 is 11.9 Å². The van der Waals surface area contributed by atoms with Crippen LogP contribution in [0.1, 0.15) is 24.0 Å². The second-order valence-corrected chi connectivity index (χ2v) is 5.88. The van der Waals surface area contributed by atoms with Crippen molar-refractivity contribution in [2.24, 2.45) is 0 Å². The van der Waals surface area contributed by atoms with Gasteiger partial charge in [0.15, 0.2) is 0 Å². The van der Waals surface area contributed by atoms with E-state index in [4.69, 9.17) is 4.74 Å². The summed E-state index contributed by atoms with van der Waals surface area (Å²) in [6.45, 7) is 0.0972. The minimum atomic E-state index is -2.37. The lowest BCUT2D eigenvalue weighted by Crippen LogP contribution is -2.66.